The van der Waals surface area contributed by atoms with Gasteiger partial charge >= 0.3 is 0 Å². The number of halogens is 1. The zero-order valence-corrected chi connectivity index (χ0v) is 11.1. The van der Waals surface area contributed by atoms with Gasteiger partial charge in [0.2, 0.25) is 5.88 Å². The highest BCUT2D eigenvalue weighted by Crippen LogP contribution is 2.23. The van der Waals surface area contributed by atoms with Crippen molar-refractivity contribution >= 4 is 19.7 Å². The molecule has 0 saturated heterocycles. The molecule has 0 fully saturated rings. The van der Waals surface area contributed by atoms with Gasteiger partial charge in [0.25, 0.3) is 9.05 Å². The van der Waals surface area contributed by atoms with E-state index in [0.29, 0.717) is 5.75 Å². The molecule has 0 atom stereocenters. The molecule has 0 spiro atoms. The molecule has 2 aromatic rings. The maximum atomic E-state index is 11.2. The molecule has 6 heteroatoms. The van der Waals surface area contributed by atoms with Crippen molar-refractivity contribution in [1.82, 2.24) is 4.98 Å². The average Bonchev–Trinajstić information content (AvgIpc) is 2.31. The summed E-state index contributed by atoms with van der Waals surface area (Å²) in [6.45, 7) is 1.96. The third kappa shape index (κ3) is 3.21. The number of pyridine rings is 1. The van der Waals surface area contributed by atoms with Crippen LogP contribution in [-0.4, -0.2) is 13.4 Å². The third-order valence-electron chi connectivity index (χ3n) is 2.23. The first-order chi connectivity index (χ1) is 8.45. The van der Waals surface area contributed by atoms with Crippen molar-refractivity contribution < 1.29 is 13.2 Å². The highest BCUT2D eigenvalue weighted by atomic mass is 35.7. The molecule has 0 aliphatic heterocycles. The van der Waals surface area contributed by atoms with Crippen molar-refractivity contribution in [2.24, 2.45) is 0 Å². The van der Waals surface area contributed by atoms with Crippen LogP contribution in [0.5, 0.6) is 11.6 Å². The molecular formula is C12H10ClNO3S. The summed E-state index contributed by atoms with van der Waals surface area (Å²) >= 11 is 0. The first-order valence-corrected chi connectivity index (χ1v) is 7.41. The largest absolute Gasteiger partial charge is 0.439 e. The molecule has 1 aromatic carbocycles. The highest BCUT2D eigenvalue weighted by Gasteiger charge is 2.11. The van der Waals surface area contributed by atoms with Crippen molar-refractivity contribution in [3.63, 3.8) is 0 Å². The summed E-state index contributed by atoms with van der Waals surface area (Å²) in [5.41, 5.74) is 1.10. The average molecular weight is 284 g/mol. The molecule has 1 heterocycles. The Bertz CT molecular complexity index is 653. The predicted molar refractivity (Wildman–Crippen MR) is 68.5 cm³/mol. The van der Waals surface area contributed by atoms with E-state index in [9.17, 15) is 8.42 Å². The Balaban J connectivity index is 2.27. The van der Waals surface area contributed by atoms with Gasteiger partial charge in [0.1, 0.15) is 5.75 Å². The second kappa shape index (κ2) is 4.96. The van der Waals surface area contributed by atoms with E-state index >= 15 is 0 Å². The number of nitrogens with zero attached hydrogens (tertiary/aromatic N) is 1. The monoisotopic (exact) mass is 283 g/mol. The van der Waals surface area contributed by atoms with Gasteiger partial charge in [0.05, 0.1) is 4.90 Å². The number of ether oxygens (including phenoxy) is 1. The molecule has 4 nitrogen and oxygen atoms in total. The van der Waals surface area contributed by atoms with Gasteiger partial charge in [-0.2, -0.15) is 0 Å². The van der Waals surface area contributed by atoms with Crippen LogP contribution in [0.3, 0.4) is 0 Å². The summed E-state index contributed by atoms with van der Waals surface area (Å²) in [6, 6.07) is 9.92. The van der Waals surface area contributed by atoms with Crippen LogP contribution >= 0.6 is 10.7 Å². The van der Waals surface area contributed by atoms with Crippen LogP contribution in [0.25, 0.3) is 0 Å². The molecule has 0 N–H and O–H groups in total. The third-order valence-corrected chi connectivity index (χ3v) is 3.58. The van der Waals surface area contributed by atoms with Crippen molar-refractivity contribution in [1.29, 1.82) is 0 Å². The Labute approximate surface area is 110 Å². The number of aryl methyl sites for hydroxylation is 1. The van der Waals surface area contributed by atoms with Crippen LogP contribution in [-0.2, 0) is 9.05 Å². The lowest BCUT2D eigenvalue weighted by atomic mass is 10.2. The molecule has 0 aliphatic rings. The van der Waals surface area contributed by atoms with E-state index in [-0.39, 0.29) is 10.8 Å². The van der Waals surface area contributed by atoms with Crippen molar-refractivity contribution in [3.05, 3.63) is 48.2 Å². The van der Waals surface area contributed by atoms with Crippen LogP contribution in [0, 0.1) is 6.92 Å². The summed E-state index contributed by atoms with van der Waals surface area (Å²) in [5, 5.41) is 0. The predicted octanol–water partition coefficient (Wildman–Crippen LogP) is 3.11. The van der Waals surface area contributed by atoms with Gasteiger partial charge in [-0.3, -0.25) is 0 Å². The summed E-state index contributed by atoms with van der Waals surface area (Å²) in [6.07, 6.45) is 1.33. The minimum absolute atomic E-state index is 0.0405. The van der Waals surface area contributed by atoms with Crippen LogP contribution in [0.2, 0.25) is 0 Å². The maximum absolute atomic E-state index is 11.2. The summed E-state index contributed by atoms with van der Waals surface area (Å²) in [4.78, 5) is 3.88. The number of hydrogen-bond donors (Lipinski definition) is 0. The second-order valence-electron chi connectivity index (χ2n) is 3.68. The Morgan fingerprint density at radius 1 is 1.17 bits per heavy atom. The van der Waals surface area contributed by atoms with Crippen LogP contribution in [0.1, 0.15) is 5.56 Å². The minimum Gasteiger partial charge on any atom is -0.439 e. The number of benzene rings is 1. The fourth-order valence-electron chi connectivity index (χ4n) is 1.33. The molecule has 0 bridgehead atoms. The fourth-order valence-corrected chi connectivity index (χ4v) is 2.08. The molecule has 94 valence electrons. The molecule has 1 aromatic heterocycles. The number of hydrogen-bond acceptors (Lipinski definition) is 4. The minimum atomic E-state index is -3.77. The molecular weight excluding hydrogens is 274 g/mol. The standard InChI is InChI=1S/C12H10ClNO3S/c1-9-2-4-10(5-3-9)17-12-8-11(6-7-14-12)18(13,15)16/h2-8H,1H3. The van der Waals surface area contributed by atoms with Crippen molar-refractivity contribution in [2.75, 3.05) is 0 Å². The Kier molecular flexibility index (Phi) is 3.54. The molecule has 0 aliphatic carbocycles. The molecule has 18 heavy (non-hydrogen) atoms. The zero-order valence-electron chi connectivity index (χ0n) is 9.50. The smallest absolute Gasteiger partial charge is 0.261 e. The van der Waals surface area contributed by atoms with Gasteiger partial charge < -0.3 is 4.74 Å². The first-order valence-electron chi connectivity index (χ1n) is 5.10. The van der Waals surface area contributed by atoms with Gasteiger partial charge in [-0.1, -0.05) is 17.7 Å². The van der Waals surface area contributed by atoms with Gasteiger partial charge in [-0.25, -0.2) is 13.4 Å². The topological polar surface area (TPSA) is 56.3 Å². The van der Waals surface area contributed by atoms with E-state index in [1.165, 1.54) is 18.3 Å². The normalized spacial score (nSPS) is 11.2. The summed E-state index contributed by atoms with van der Waals surface area (Å²) in [7, 11) is 1.47. The van der Waals surface area contributed by atoms with Crippen LogP contribution in [0.4, 0.5) is 0 Å². The van der Waals surface area contributed by atoms with Gasteiger partial charge in [-0.05, 0) is 25.1 Å². The molecule has 0 radical (unpaired) electrons. The van der Waals surface area contributed by atoms with Crippen LogP contribution in [0.15, 0.2) is 47.5 Å². The molecule has 2 rings (SSSR count). The van der Waals surface area contributed by atoms with Crippen molar-refractivity contribution in [2.45, 2.75) is 11.8 Å². The fraction of sp³-hybridized carbons (Fsp3) is 0.0833. The van der Waals surface area contributed by atoms with E-state index in [2.05, 4.69) is 4.98 Å². The molecule has 0 unspecified atom stereocenters. The number of rotatable bonds is 3. The number of aromatic nitrogens is 1. The SMILES string of the molecule is Cc1ccc(Oc2cc(S(=O)(=O)Cl)ccn2)cc1. The zero-order chi connectivity index (χ0) is 13.2. The highest BCUT2D eigenvalue weighted by molar-refractivity contribution is 8.13. The van der Waals surface area contributed by atoms with E-state index in [4.69, 9.17) is 15.4 Å². The Hall–Kier alpha value is -1.59. The Morgan fingerprint density at radius 3 is 2.44 bits per heavy atom. The van der Waals surface area contributed by atoms with E-state index in [1.807, 2.05) is 19.1 Å². The van der Waals surface area contributed by atoms with Gasteiger partial charge in [0, 0.05) is 22.9 Å². The first kappa shape index (κ1) is 12.9. The van der Waals surface area contributed by atoms with E-state index in [0.717, 1.165) is 5.56 Å². The van der Waals surface area contributed by atoms with Gasteiger partial charge in [0.15, 0.2) is 0 Å². The lowest BCUT2D eigenvalue weighted by Crippen LogP contribution is -1.93. The van der Waals surface area contributed by atoms with E-state index in [1.54, 1.807) is 12.1 Å². The van der Waals surface area contributed by atoms with Crippen molar-refractivity contribution in [3.8, 4) is 11.6 Å². The summed E-state index contributed by atoms with van der Waals surface area (Å²) in [5.74, 6) is 0.762. The second-order valence-corrected chi connectivity index (χ2v) is 6.25. The lowest BCUT2D eigenvalue weighted by Gasteiger charge is -2.05. The van der Waals surface area contributed by atoms with Crippen LogP contribution < -0.4 is 4.74 Å². The lowest BCUT2D eigenvalue weighted by molar-refractivity contribution is 0.461. The summed E-state index contributed by atoms with van der Waals surface area (Å²) < 4.78 is 27.8. The maximum Gasteiger partial charge on any atom is 0.261 e. The molecule has 0 amide bonds. The molecule has 0 saturated carbocycles. The quantitative estimate of drug-likeness (QED) is 0.812. The Morgan fingerprint density at radius 2 is 1.83 bits per heavy atom. The van der Waals surface area contributed by atoms with E-state index < -0.39 is 9.05 Å². The van der Waals surface area contributed by atoms with Gasteiger partial charge in [-0.15, -0.1) is 0 Å².